The Morgan fingerprint density at radius 1 is 1.24 bits per heavy atom. The lowest BCUT2D eigenvalue weighted by Gasteiger charge is -2.36. The van der Waals surface area contributed by atoms with Crippen molar-refractivity contribution in [2.45, 2.75) is 26.3 Å². The molecule has 0 radical (unpaired) electrons. The molecule has 1 fully saturated rings. The lowest BCUT2D eigenvalue weighted by Crippen LogP contribution is -2.48. The number of carbonyl (C=O) groups is 1. The molecule has 1 saturated heterocycles. The molecule has 6 nitrogen and oxygen atoms in total. The topological polar surface area (TPSA) is 63.1 Å². The highest BCUT2D eigenvalue weighted by atomic mass is 35.5. The highest BCUT2D eigenvalue weighted by molar-refractivity contribution is 5.97. The Labute approximate surface area is 183 Å². The number of fused-ring (bicyclic) bond motifs is 1. The first kappa shape index (κ1) is 23.1. The van der Waals surface area contributed by atoms with Gasteiger partial charge >= 0.3 is 0 Å². The van der Waals surface area contributed by atoms with Gasteiger partial charge in [0.05, 0.1) is 17.3 Å². The van der Waals surface area contributed by atoms with Gasteiger partial charge in [-0.05, 0) is 30.5 Å². The molecule has 0 aliphatic carbocycles. The maximum absolute atomic E-state index is 13.3. The summed E-state index contributed by atoms with van der Waals surface area (Å²) < 4.78 is 1.75. The smallest absolute Gasteiger partial charge is 0.256 e. The van der Waals surface area contributed by atoms with E-state index in [1.807, 2.05) is 24.9 Å². The summed E-state index contributed by atoms with van der Waals surface area (Å²) in [6.45, 7) is 6.34. The highest BCUT2D eigenvalue weighted by Gasteiger charge is 2.29. The Kier molecular flexibility index (Phi) is 7.63. The van der Waals surface area contributed by atoms with Crippen LogP contribution in [0.4, 0.5) is 0 Å². The minimum atomic E-state index is 0. The van der Waals surface area contributed by atoms with Crippen LogP contribution in [0.5, 0.6) is 0 Å². The molecule has 2 aromatic heterocycles. The minimum Gasteiger partial charge on any atom is -0.329 e. The SMILES string of the molecule is CCc1ccc(C2CNCCN2C(=O)c2cnc3c(c2)c(C)nn3C)cc1.Cl.Cl. The van der Waals surface area contributed by atoms with Crippen molar-refractivity contribution in [3.05, 3.63) is 58.9 Å². The zero-order valence-corrected chi connectivity index (χ0v) is 18.5. The zero-order chi connectivity index (χ0) is 19.0. The summed E-state index contributed by atoms with van der Waals surface area (Å²) in [6.07, 6.45) is 2.69. The average molecular weight is 436 g/mol. The van der Waals surface area contributed by atoms with E-state index < -0.39 is 0 Å². The van der Waals surface area contributed by atoms with Gasteiger partial charge in [-0.25, -0.2) is 4.98 Å². The van der Waals surface area contributed by atoms with Crippen LogP contribution in [-0.4, -0.2) is 45.2 Å². The van der Waals surface area contributed by atoms with Crippen molar-refractivity contribution >= 4 is 41.8 Å². The number of nitrogens with one attached hydrogen (secondary N) is 1. The van der Waals surface area contributed by atoms with Gasteiger partial charge in [-0.3, -0.25) is 9.48 Å². The summed E-state index contributed by atoms with van der Waals surface area (Å²) in [7, 11) is 1.87. The number of pyridine rings is 1. The second kappa shape index (κ2) is 9.57. The highest BCUT2D eigenvalue weighted by Crippen LogP contribution is 2.26. The van der Waals surface area contributed by atoms with E-state index in [0.717, 1.165) is 36.2 Å². The molecule has 1 atom stereocenters. The fourth-order valence-electron chi connectivity index (χ4n) is 3.81. The summed E-state index contributed by atoms with van der Waals surface area (Å²) in [5.41, 5.74) is 4.79. The quantitative estimate of drug-likeness (QED) is 0.683. The molecule has 1 aromatic carbocycles. The first-order valence-electron chi connectivity index (χ1n) is 9.48. The van der Waals surface area contributed by atoms with Gasteiger partial charge in [0.15, 0.2) is 5.65 Å². The van der Waals surface area contributed by atoms with E-state index in [9.17, 15) is 4.79 Å². The predicted molar refractivity (Wildman–Crippen MR) is 120 cm³/mol. The van der Waals surface area contributed by atoms with Crippen molar-refractivity contribution in [2.75, 3.05) is 19.6 Å². The van der Waals surface area contributed by atoms with Gasteiger partial charge in [0.1, 0.15) is 0 Å². The molecule has 0 bridgehead atoms. The largest absolute Gasteiger partial charge is 0.329 e. The summed E-state index contributed by atoms with van der Waals surface area (Å²) in [5.74, 6) is 0.0266. The molecule has 0 saturated carbocycles. The third-order valence-corrected chi connectivity index (χ3v) is 5.39. The Bertz CT molecular complexity index is 987. The summed E-state index contributed by atoms with van der Waals surface area (Å²) in [5, 5.41) is 8.75. The first-order valence-corrected chi connectivity index (χ1v) is 9.48. The van der Waals surface area contributed by atoms with E-state index in [1.165, 1.54) is 11.1 Å². The van der Waals surface area contributed by atoms with E-state index in [-0.39, 0.29) is 36.8 Å². The van der Waals surface area contributed by atoms with Crippen molar-refractivity contribution < 1.29 is 4.79 Å². The number of halogens is 2. The molecule has 1 aliphatic heterocycles. The number of benzene rings is 1. The van der Waals surface area contributed by atoms with Crippen LogP contribution in [0.25, 0.3) is 11.0 Å². The molecule has 1 N–H and O–H groups in total. The normalized spacial score (nSPS) is 16.2. The Morgan fingerprint density at radius 3 is 2.66 bits per heavy atom. The van der Waals surface area contributed by atoms with E-state index in [4.69, 9.17) is 0 Å². The second-order valence-corrected chi connectivity index (χ2v) is 7.12. The predicted octanol–water partition coefficient (Wildman–Crippen LogP) is 3.47. The molecule has 3 heterocycles. The van der Waals surface area contributed by atoms with Crippen LogP contribution in [0.2, 0.25) is 0 Å². The fourth-order valence-corrected chi connectivity index (χ4v) is 3.81. The van der Waals surface area contributed by atoms with Gasteiger partial charge in [-0.2, -0.15) is 5.10 Å². The van der Waals surface area contributed by atoms with Crippen LogP contribution in [0, 0.1) is 6.92 Å². The van der Waals surface area contributed by atoms with Crippen molar-refractivity contribution in [1.82, 2.24) is 25.0 Å². The van der Waals surface area contributed by atoms with E-state index in [1.54, 1.807) is 10.9 Å². The van der Waals surface area contributed by atoms with Crippen molar-refractivity contribution in [3.63, 3.8) is 0 Å². The standard InChI is InChI=1S/C21H25N5O.2ClH/c1-4-15-5-7-16(8-6-15)19-13-22-9-10-26(19)21(27)17-11-18-14(2)24-25(3)20(18)23-12-17;;/h5-8,11-12,19,22H,4,9-10,13H2,1-3H3;2*1H. The third-order valence-electron chi connectivity index (χ3n) is 5.39. The monoisotopic (exact) mass is 435 g/mol. The minimum absolute atomic E-state index is 0. The number of rotatable bonds is 3. The van der Waals surface area contributed by atoms with Crippen molar-refractivity contribution in [2.24, 2.45) is 7.05 Å². The van der Waals surface area contributed by atoms with Crippen LogP contribution < -0.4 is 5.32 Å². The fraction of sp³-hybridized carbons (Fsp3) is 0.381. The molecule has 3 aromatic rings. The summed E-state index contributed by atoms with van der Waals surface area (Å²) >= 11 is 0. The molecule has 1 unspecified atom stereocenters. The lowest BCUT2D eigenvalue weighted by atomic mass is 10.00. The lowest BCUT2D eigenvalue weighted by molar-refractivity contribution is 0.0634. The number of aromatic nitrogens is 3. The molecule has 1 aliphatic rings. The van der Waals surface area contributed by atoms with Crippen molar-refractivity contribution in [1.29, 1.82) is 0 Å². The van der Waals surface area contributed by atoms with Crippen LogP contribution >= 0.6 is 24.8 Å². The zero-order valence-electron chi connectivity index (χ0n) is 16.9. The number of amides is 1. The van der Waals surface area contributed by atoms with E-state index in [0.29, 0.717) is 12.1 Å². The summed E-state index contributed by atoms with van der Waals surface area (Å²) in [6, 6.07) is 10.5. The molecule has 1 amide bonds. The van der Waals surface area contributed by atoms with Gasteiger partial charge in [-0.1, -0.05) is 31.2 Å². The number of aryl methyl sites for hydroxylation is 3. The van der Waals surface area contributed by atoms with E-state index >= 15 is 0 Å². The number of hydrogen-bond acceptors (Lipinski definition) is 4. The molecule has 156 valence electrons. The number of piperazine rings is 1. The van der Waals surface area contributed by atoms with E-state index in [2.05, 4.69) is 46.6 Å². The maximum atomic E-state index is 13.3. The second-order valence-electron chi connectivity index (χ2n) is 7.12. The van der Waals surface area contributed by atoms with Gasteiger partial charge in [0.25, 0.3) is 5.91 Å². The molecule has 8 heteroatoms. The van der Waals surface area contributed by atoms with Crippen LogP contribution in [0.3, 0.4) is 0 Å². The Hall–Kier alpha value is -2.15. The average Bonchev–Trinajstić information content (AvgIpc) is 3.00. The molecular weight excluding hydrogens is 409 g/mol. The molecule has 29 heavy (non-hydrogen) atoms. The third kappa shape index (κ3) is 4.39. The van der Waals surface area contributed by atoms with Gasteiger partial charge in [0.2, 0.25) is 0 Å². The summed E-state index contributed by atoms with van der Waals surface area (Å²) in [4.78, 5) is 19.7. The van der Waals surface area contributed by atoms with Crippen molar-refractivity contribution in [3.8, 4) is 0 Å². The van der Waals surface area contributed by atoms with Crippen LogP contribution in [0.15, 0.2) is 36.5 Å². The van der Waals surface area contributed by atoms with Gasteiger partial charge < -0.3 is 10.2 Å². The molecule has 0 spiro atoms. The maximum Gasteiger partial charge on any atom is 0.256 e. The molecule has 4 rings (SSSR count). The number of carbonyl (C=O) groups excluding carboxylic acids is 1. The Balaban J connectivity index is 0.00000150. The molecular formula is C21H27Cl2N5O. The van der Waals surface area contributed by atoms with Crippen LogP contribution in [-0.2, 0) is 13.5 Å². The number of nitrogens with zero attached hydrogens (tertiary/aromatic N) is 4. The number of hydrogen-bond donors (Lipinski definition) is 1. The Morgan fingerprint density at radius 2 is 1.97 bits per heavy atom. The van der Waals surface area contributed by atoms with Gasteiger partial charge in [-0.15, -0.1) is 24.8 Å². The van der Waals surface area contributed by atoms with Gasteiger partial charge in [0, 0.05) is 38.3 Å². The first-order chi connectivity index (χ1) is 13.1. The van der Waals surface area contributed by atoms with Crippen LogP contribution in [0.1, 0.15) is 40.1 Å².